The maximum atomic E-state index is 12.8. The molecule has 4 rings (SSSR count). The molecule has 2 aliphatic heterocycles. The quantitative estimate of drug-likeness (QED) is 0.168. The minimum atomic E-state index is -4.83. The molecule has 2 saturated heterocycles. The normalized spacial score (nSPS) is 27.0. The predicted molar refractivity (Wildman–Crippen MR) is 150 cm³/mol. The summed E-state index contributed by atoms with van der Waals surface area (Å²) in [4.78, 5) is 52.9. The third kappa shape index (κ3) is 8.18. The zero-order chi connectivity index (χ0) is 32.2. The second-order valence-electron chi connectivity index (χ2n) is 9.81. The molecule has 19 nitrogen and oxygen atoms in total. The Kier molecular flexibility index (Phi) is 11.1. The molecule has 7 atom stereocenters. The summed E-state index contributed by atoms with van der Waals surface area (Å²) < 4.78 is 59.4. The van der Waals surface area contributed by atoms with Crippen LogP contribution in [0.25, 0.3) is 0 Å². The van der Waals surface area contributed by atoms with Crippen LogP contribution in [0.1, 0.15) is 44.7 Å². The zero-order valence-electron chi connectivity index (χ0n) is 24.0. The van der Waals surface area contributed by atoms with Gasteiger partial charge in [0.2, 0.25) is 0 Å². The summed E-state index contributed by atoms with van der Waals surface area (Å²) in [6, 6.07) is 1.32. The van der Waals surface area contributed by atoms with Gasteiger partial charge in [0.1, 0.15) is 36.6 Å². The Morgan fingerprint density at radius 2 is 1.73 bits per heavy atom. The third-order valence-corrected chi connectivity index (χ3v) is 9.39. The molecule has 2 fully saturated rings. The Balaban J connectivity index is 1.37. The first-order valence-corrected chi connectivity index (χ1v) is 16.7. The van der Waals surface area contributed by atoms with Crippen LogP contribution in [-0.2, 0) is 36.7 Å². The Labute approximate surface area is 249 Å². The summed E-state index contributed by atoms with van der Waals surface area (Å²) >= 11 is 0. The number of hydrogen-bond donors (Lipinski definition) is 5. The van der Waals surface area contributed by atoms with E-state index >= 15 is 0 Å². The molecule has 4 heterocycles. The molecule has 0 amide bonds. The first-order chi connectivity index (χ1) is 20.8. The van der Waals surface area contributed by atoms with Gasteiger partial charge < -0.3 is 24.6 Å². The lowest BCUT2D eigenvalue weighted by Crippen LogP contribution is -2.33. The van der Waals surface area contributed by atoms with Crippen LogP contribution in [0.2, 0.25) is 0 Å². The Bertz CT molecular complexity index is 1570. The monoisotopic (exact) mass is 667 g/mol. The van der Waals surface area contributed by atoms with Crippen molar-refractivity contribution in [2.45, 2.75) is 70.5 Å². The largest absolute Gasteiger partial charge is 0.472 e. The molecule has 0 aliphatic carbocycles. The van der Waals surface area contributed by atoms with E-state index in [0.29, 0.717) is 0 Å². The molecule has 0 spiro atoms. The summed E-state index contributed by atoms with van der Waals surface area (Å²) in [5, 5.41) is 22.6. The Hall–Kier alpha value is -2.54. The minimum absolute atomic E-state index is 0.0629. The van der Waals surface area contributed by atoms with Gasteiger partial charge in [0.25, 0.3) is 5.56 Å². The van der Waals surface area contributed by atoms with Crippen molar-refractivity contribution in [3.8, 4) is 0 Å². The van der Waals surface area contributed by atoms with Gasteiger partial charge in [-0.25, -0.2) is 18.7 Å². The smallest absolute Gasteiger partial charge is 0.394 e. The second kappa shape index (κ2) is 14.3. The highest BCUT2D eigenvalue weighted by atomic mass is 31.2. The van der Waals surface area contributed by atoms with Crippen molar-refractivity contribution in [3.05, 3.63) is 55.3 Å². The van der Waals surface area contributed by atoms with Gasteiger partial charge in [0.05, 0.1) is 32.5 Å². The van der Waals surface area contributed by atoms with Crippen molar-refractivity contribution in [1.82, 2.24) is 19.1 Å². The van der Waals surface area contributed by atoms with E-state index in [1.165, 1.54) is 25.4 Å². The fraction of sp³-hybridized carbons (Fsp3) is 0.652. The summed E-state index contributed by atoms with van der Waals surface area (Å²) in [5.74, 6) is -0.0895. The number of nitrogens with zero attached hydrogens (tertiary/aromatic N) is 3. The van der Waals surface area contributed by atoms with Gasteiger partial charge in [-0.1, -0.05) is 0 Å². The van der Waals surface area contributed by atoms with Crippen molar-refractivity contribution < 1.29 is 51.8 Å². The number of H-pyrrole nitrogens is 1. The van der Waals surface area contributed by atoms with Gasteiger partial charge in [0, 0.05) is 30.8 Å². The Morgan fingerprint density at radius 3 is 2.36 bits per heavy atom. The number of aromatic nitrogens is 4. The Morgan fingerprint density at radius 1 is 1.07 bits per heavy atom. The fourth-order valence-electron chi connectivity index (χ4n) is 4.63. The number of phosphoric acid groups is 1. The predicted octanol–water partition coefficient (Wildman–Crippen LogP) is 0.125. The molecule has 0 radical (unpaired) electrons. The summed E-state index contributed by atoms with van der Waals surface area (Å²) in [7, 11) is -8.60. The molecular weight excluding hydrogens is 632 g/mol. The maximum absolute atomic E-state index is 12.8. The molecule has 2 aliphatic rings. The lowest BCUT2D eigenvalue weighted by atomic mass is 10.2. The second-order valence-corrected chi connectivity index (χ2v) is 13.0. The van der Waals surface area contributed by atoms with E-state index in [1.54, 1.807) is 13.8 Å². The van der Waals surface area contributed by atoms with E-state index in [0.717, 1.165) is 9.13 Å². The van der Waals surface area contributed by atoms with Crippen LogP contribution in [0.15, 0.2) is 32.8 Å². The standard InChI is InChI=1S/C23H35N5O14P2/c1-4-37-43(34,38-5-2)26-18-6-7-27(22(32)24-18)20-9-15(16(11-29)40-20)42-44(35,36)39-12-17-14(30)8-19(41-17)28-10-13(3)21(31)25-23(28)33/h6-7,10,14-17,19-20,29-30H,4-5,8-9,11-12H2,1-3H3,(H,35,36)(H,25,31,33)(H,24,26,32,34)/t14-,15-,16+,17+,19+,20+/m0/s1. The number of ether oxygens (including phenoxy) is 2. The van der Waals surface area contributed by atoms with Crippen LogP contribution in [0.4, 0.5) is 5.82 Å². The van der Waals surface area contributed by atoms with Crippen LogP contribution in [-0.4, -0.2) is 85.1 Å². The van der Waals surface area contributed by atoms with Gasteiger partial charge >= 0.3 is 26.9 Å². The lowest BCUT2D eigenvalue weighted by molar-refractivity contribution is -0.0575. The molecule has 44 heavy (non-hydrogen) atoms. The minimum Gasteiger partial charge on any atom is -0.394 e. The molecule has 0 saturated carbocycles. The summed E-state index contributed by atoms with van der Waals surface area (Å²) in [6.45, 7) is 3.64. The molecule has 1 unspecified atom stereocenters. The number of rotatable bonds is 14. The lowest BCUT2D eigenvalue weighted by Gasteiger charge is -2.22. The number of nitrogens with one attached hydrogen (secondary N) is 2. The molecule has 246 valence electrons. The van der Waals surface area contributed by atoms with Crippen molar-refractivity contribution in [2.24, 2.45) is 0 Å². The first-order valence-electron chi connectivity index (χ1n) is 13.6. The molecule has 0 aromatic carbocycles. The summed E-state index contributed by atoms with van der Waals surface area (Å²) in [6.07, 6.45) is -4.34. The van der Waals surface area contributed by atoms with Gasteiger partial charge in [-0.3, -0.25) is 42.1 Å². The van der Waals surface area contributed by atoms with Crippen LogP contribution in [0.5, 0.6) is 0 Å². The van der Waals surface area contributed by atoms with Crippen LogP contribution >= 0.6 is 15.6 Å². The highest BCUT2D eigenvalue weighted by Crippen LogP contribution is 2.49. The van der Waals surface area contributed by atoms with E-state index in [1.807, 2.05) is 0 Å². The van der Waals surface area contributed by atoms with Crippen molar-refractivity contribution >= 4 is 21.4 Å². The first kappa shape index (κ1) is 34.3. The molecule has 21 heteroatoms. The van der Waals surface area contributed by atoms with E-state index in [2.05, 4.69) is 15.1 Å². The average Bonchev–Trinajstić information content (AvgIpc) is 3.51. The SMILES string of the molecule is CCOP(=O)(Nc1ccn([C@H]2C[C@H](OP(=O)(O)OC[C@H]3O[C@@H](n4cc(C)c(=O)[nH]c4=O)C[C@@H]3O)[C@@H](CO)O2)c(=O)n1)OCC. The number of anilines is 1. The number of aromatic amines is 1. The molecule has 0 bridgehead atoms. The van der Waals surface area contributed by atoms with Crippen LogP contribution < -0.4 is 22.0 Å². The van der Waals surface area contributed by atoms with Crippen molar-refractivity contribution in [1.29, 1.82) is 0 Å². The highest BCUT2D eigenvalue weighted by molar-refractivity contribution is 7.55. The van der Waals surface area contributed by atoms with E-state index in [9.17, 15) is 38.6 Å². The van der Waals surface area contributed by atoms with Gasteiger partial charge in [-0.05, 0) is 26.8 Å². The molecule has 5 N–H and O–H groups in total. The van der Waals surface area contributed by atoms with E-state index in [-0.39, 0.29) is 37.4 Å². The number of hydrogen-bond acceptors (Lipinski definition) is 14. The number of aliphatic hydroxyl groups excluding tert-OH is 2. The number of aryl methyl sites for hydroxylation is 1. The van der Waals surface area contributed by atoms with Crippen molar-refractivity contribution in [2.75, 3.05) is 31.5 Å². The average molecular weight is 668 g/mol. The van der Waals surface area contributed by atoms with Crippen LogP contribution in [0.3, 0.4) is 0 Å². The van der Waals surface area contributed by atoms with Crippen LogP contribution in [0, 0.1) is 6.92 Å². The molecule has 2 aromatic heterocycles. The van der Waals surface area contributed by atoms with Gasteiger partial charge in [-0.2, -0.15) is 4.98 Å². The fourth-order valence-corrected chi connectivity index (χ4v) is 6.88. The zero-order valence-corrected chi connectivity index (χ0v) is 25.8. The van der Waals surface area contributed by atoms with E-state index in [4.69, 9.17) is 27.6 Å². The summed E-state index contributed by atoms with van der Waals surface area (Å²) in [5.41, 5.74) is -1.91. The highest BCUT2D eigenvalue weighted by Gasteiger charge is 2.43. The van der Waals surface area contributed by atoms with Crippen molar-refractivity contribution in [3.63, 3.8) is 0 Å². The topological polar surface area (TPSA) is 252 Å². The van der Waals surface area contributed by atoms with Gasteiger partial charge in [-0.15, -0.1) is 0 Å². The third-order valence-electron chi connectivity index (χ3n) is 6.68. The van der Waals surface area contributed by atoms with Gasteiger partial charge in [0.15, 0.2) is 0 Å². The number of aliphatic hydroxyl groups is 2. The van der Waals surface area contributed by atoms with E-state index < -0.39 is 82.6 Å². The maximum Gasteiger partial charge on any atom is 0.472 e. The molecular formula is C23H35N5O14P2. The molecule has 2 aromatic rings. The number of phosphoric ester groups is 1.